The van der Waals surface area contributed by atoms with E-state index in [-0.39, 0.29) is 31.9 Å². The Morgan fingerprint density at radius 2 is 1.76 bits per heavy atom. The van der Waals surface area contributed by atoms with Gasteiger partial charge >= 0.3 is 0 Å². The molecule has 0 spiro atoms. The zero-order valence-electron chi connectivity index (χ0n) is 10.3. The normalized spacial score (nSPS) is 10.9. The van der Waals surface area contributed by atoms with Crippen LogP contribution in [0.1, 0.15) is 5.56 Å². The number of nitriles is 1. The maximum absolute atomic E-state index is 12.3. The van der Waals surface area contributed by atoms with Crippen molar-refractivity contribution < 1.29 is 13.5 Å². The Kier molecular flexibility index (Phi) is 4.28. The van der Waals surface area contributed by atoms with Gasteiger partial charge in [0.15, 0.2) is 0 Å². The van der Waals surface area contributed by atoms with Gasteiger partial charge in [-0.2, -0.15) is 5.26 Å². The number of nitrogens with one attached hydrogen (secondary N) is 1. The van der Waals surface area contributed by atoms with Crippen LogP contribution in [0.5, 0.6) is 5.75 Å². The molecule has 0 aromatic heterocycles. The minimum atomic E-state index is -3.99. The Balaban J connectivity index is 2.43. The first-order valence-electron chi connectivity index (χ1n) is 5.54. The summed E-state index contributed by atoms with van der Waals surface area (Å²) in [5, 5.41) is 18.4. The van der Waals surface area contributed by atoms with Crippen LogP contribution in [0.25, 0.3) is 0 Å². The van der Waals surface area contributed by atoms with Crippen molar-refractivity contribution in [3.05, 3.63) is 52.0 Å². The van der Waals surface area contributed by atoms with Crippen molar-refractivity contribution in [3.63, 3.8) is 0 Å². The number of benzene rings is 2. The number of anilines is 1. The van der Waals surface area contributed by atoms with Crippen molar-refractivity contribution in [2.75, 3.05) is 4.72 Å². The van der Waals surface area contributed by atoms with Crippen LogP contribution in [0.3, 0.4) is 0 Å². The molecule has 0 aliphatic carbocycles. The molecule has 0 aliphatic rings. The van der Waals surface area contributed by atoms with E-state index in [1.54, 1.807) is 0 Å². The Morgan fingerprint density at radius 1 is 1.10 bits per heavy atom. The molecule has 8 heteroatoms. The van der Waals surface area contributed by atoms with Gasteiger partial charge in [0, 0.05) is 6.07 Å². The zero-order chi connectivity index (χ0) is 15.6. The molecular weight excluding hydrogens is 335 g/mol. The van der Waals surface area contributed by atoms with Gasteiger partial charge in [-0.15, -0.1) is 0 Å². The summed E-state index contributed by atoms with van der Waals surface area (Å²) in [6.07, 6.45) is 0. The highest BCUT2D eigenvalue weighted by molar-refractivity contribution is 7.92. The van der Waals surface area contributed by atoms with Crippen molar-refractivity contribution in [1.82, 2.24) is 0 Å². The van der Waals surface area contributed by atoms with Gasteiger partial charge < -0.3 is 5.11 Å². The molecule has 0 fully saturated rings. The lowest BCUT2D eigenvalue weighted by Gasteiger charge is -2.10. The lowest BCUT2D eigenvalue weighted by atomic mass is 10.2. The van der Waals surface area contributed by atoms with Crippen molar-refractivity contribution in [1.29, 1.82) is 5.26 Å². The SMILES string of the molecule is N#Cc1ccc(Cl)c(S(=O)(=O)Nc2ccc(Cl)c(O)c2)c1. The second-order valence-corrected chi connectivity index (χ2v) is 6.49. The molecule has 21 heavy (non-hydrogen) atoms. The Morgan fingerprint density at radius 3 is 2.38 bits per heavy atom. The number of halogens is 2. The number of hydrogen-bond acceptors (Lipinski definition) is 4. The number of hydrogen-bond donors (Lipinski definition) is 2. The fourth-order valence-corrected chi connectivity index (χ4v) is 3.26. The first-order chi connectivity index (χ1) is 9.83. The smallest absolute Gasteiger partial charge is 0.263 e. The predicted molar refractivity (Wildman–Crippen MR) is 80.1 cm³/mol. The van der Waals surface area contributed by atoms with Gasteiger partial charge in [-0.1, -0.05) is 23.2 Å². The lowest BCUT2D eigenvalue weighted by Crippen LogP contribution is -2.13. The van der Waals surface area contributed by atoms with E-state index in [0.717, 1.165) is 0 Å². The molecule has 0 radical (unpaired) electrons. The summed E-state index contributed by atoms with van der Waals surface area (Å²) in [6.45, 7) is 0. The lowest BCUT2D eigenvalue weighted by molar-refractivity contribution is 0.476. The predicted octanol–water partition coefficient (Wildman–Crippen LogP) is 3.37. The van der Waals surface area contributed by atoms with Gasteiger partial charge in [0.1, 0.15) is 10.6 Å². The van der Waals surface area contributed by atoms with Gasteiger partial charge in [0.05, 0.1) is 27.4 Å². The molecule has 2 rings (SSSR count). The summed E-state index contributed by atoms with van der Waals surface area (Å²) in [5.41, 5.74) is 0.286. The summed E-state index contributed by atoms with van der Waals surface area (Å²) in [7, 11) is -3.99. The van der Waals surface area contributed by atoms with E-state index in [1.807, 2.05) is 6.07 Å². The third kappa shape index (κ3) is 3.39. The van der Waals surface area contributed by atoms with Crippen molar-refractivity contribution in [3.8, 4) is 11.8 Å². The van der Waals surface area contributed by atoms with Crippen LogP contribution in [-0.2, 0) is 10.0 Å². The topological polar surface area (TPSA) is 90.2 Å². The highest BCUT2D eigenvalue weighted by Crippen LogP contribution is 2.29. The molecule has 2 aromatic rings. The molecule has 0 bridgehead atoms. The average Bonchev–Trinajstić information content (AvgIpc) is 2.43. The van der Waals surface area contributed by atoms with E-state index >= 15 is 0 Å². The van der Waals surface area contributed by atoms with Gasteiger partial charge in [0.25, 0.3) is 10.0 Å². The number of rotatable bonds is 3. The summed E-state index contributed by atoms with van der Waals surface area (Å²) >= 11 is 11.5. The van der Waals surface area contributed by atoms with Gasteiger partial charge in [0.2, 0.25) is 0 Å². The maximum Gasteiger partial charge on any atom is 0.263 e. The molecule has 0 amide bonds. The van der Waals surface area contributed by atoms with Crippen molar-refractivity contribution in [2.24, 2.45) is 0 Å². The molecular formula is C13H8Cl2N2O3S. The Hall–Kier alpha value is -1.94. The number of phenols is 1. The Bertz CT molecular complexity index is 845. The first-order valence-corrected chi connectivity index (χ1v) is 7.78. The van der Waals surface area contributed by atoms with Crippen molar-refractivity contribution >= 4 is 38.9 Å². The summed E-state index contributed by atoms with van der Waals surface area (Å²) < 4.78 is 26.8. The quantitative estimate of drug-likeness (QED) is 0.894. The number of sulfonamides is 1. The average molecular weight is 343 g/mol. The Labute approximate surface area is 131 Å². The van der Waals surface area contributed by atoms with Crippen LogP contribution < -0.4 is 4.72 Å². The van der Waals surface area contributed by atoms with Crippen molar-refractivity contribution in [2.45, 2.75) is 4.90 Å². The second-order valence-electron chi connectivity index (χ2n) is 4.03. The highest BCUT2D eigenvalue weighted by atomic mass is 35.5. The zero-order valence-corrected chi connectivity index (χ0v) is 12.7. The minimum Gasteiger partial charge on any atom is -0.506 e. The third-order valence-corrected chi connectivity index (χ3v) is 4.73. The molecule has 0 heterocycles. The van der Waals surface area contributed by atoms with E-state index < -0.39 is 10.0 Å². The molecule has 5 nitrogen and oxygen atoms in total. The molecule has 0 aliphatic heterocycles. The molecule has 2 N–H and O–H groups in total. The van der Waals surface area contributed by atoms with E-state index in [4.69, 9.17) is 28.5 Å². The largest absolute Gasteiger partial charge is 0.506 e. The van der Waals surface area contributed by atoms with Crippen LogP contribution in [-0.4, -0.2) is 13.5 Å². The van der Waals surface area contributed by atoms with Gasteiger partial charge in [-0.25, -0.2) is 8.42 Å². The minimum absolute atomic E-state index is 0.0142. The first kappa shape index (κ1) is 15.4. The molecule has 2 aromatic carbocycles. The molecule has 0 unspecified atom stereocenters. The van der Waals surface area contributed by atoms with E-state index in [9.17, 15) is 13.5 Å². The highest BCUT2D eigenvalue weighted by Gasteiger charge is 2.19. The van der Waals surface area contributed by atoms with E-state index in [2.05, 4.69) is 4.72 Å². The maximum atomic E-state index is 12.3. The number of nitrogens with zero attached hydrogens (tertiary/aromatic N) is 1. The van der Waals surface area contributed by atoms with Gasteiger partial charge in [-0.3, -0.25) is 4.72 Å². The van der Waals surface area contributed by atoms with Crippen LogP contribution in [0.2, 0.25) is 10.0 Å². The van der Waals surface area contributed by atoms with Crippen LogP contribution in [0, 0.1) is 11.3 Å². The molecule has 108 valence electrons. The molecule has 0 saturated carbocycles. The second kappa shape index (κ2) is 5.82. The summed E-state index contributed by atoms with van der Waals surface area (Å²) in [4.78, 5) is -0.224. The fourth-order valence-electron chi connectivity index (χ4n) is 1.57. The summed E-state index contributed by atoms with van der Waals surface area (Å²) in [6, 6.07) is 9.65. The third-order valence-electron chi connectivity index (χ3n) is 2.55. The standard InChI is InChI=1S/C13H8Cl2N2O3S/c14-10-4-2-9(6-12(10)18)17-21(19,20)13-5-8(7-16)1-3-11(13)15/h1-6,17-18H. The molecule has 0 atom stereocenters. The molecule has 0 saturated heterocycles. The summed E-state index contributed by atoms with van der Waals surface area (Å²) in [5.74, 6) is -0.256. The number of aromatic hydroxyl groups is 1. The van der Waals surface area contributed by atoms with Crippen LogP contribution in [0.4, 0.5) is 5.69 Å². The van der Waals surface area contributed by atoms with E-state index in [1.165, 1.54) is 36.4 Å². The number of phenolic OH excluding ortho intramolecular Hbond substituents is 1. The monoisotopic (exact) mass is 342 g/mol. The van der Waals surface area contributed by atoms with Crippen LogP contribution in [0.15, 0.2) is 41.3 Å². The van der Waals surface area contributed by atoms with Crippen LogP contribution >= 0.6 is 23.2 Å². The van der Waals surface area contributed by atoms with E-state index in [0.29, 0.717) is 0 Å². The fraction of sp³-hybridized carbons (Fsp3) is 0. The van der Waals surface area contributed by atoms with Gasteiger partial charge in [-0.05, 0) is 30.3 Å².